The fraction of sp³-hybridized carbons (Fsp3) is 0.667. The molecular weight excluding hydrogens is 236 g/mol. The zero-order chi connectivity index (χ0) is 12.8. The average molecular weight is 254 g/mol. The highest BCUT2D eigenvalue weighted by atomic mass is 32.2. The van der Waals surface area contributed by atoms with E-state index in [4.69, 9.17) is 0 Å². The van der Waals surface area contributed by atoms with Gasteiger partial charge in [0.05, 0.1) is 22.9 Å². The molecule has 0 aliphatic carbocycles. The first kappa shape index (κ1) is 12.5. The molecule has 0 aromatic carbocycles. The number of hydrogen-bond donors (Lipinski definition) is 0. The second-order valence-corrected chi connectivity index (χ2v) is 7.30. The SMILES string of the molecule is CC(C)c1nc2c(c(C(C)C)n1)CS(=O)(=O)C2. The van der Waals surface area contributed by atoms with Crippen molar-refractivity contribution < 1.29 is 8.42 Å². The van der Waals surface area contributed by atoms with Crippen LogP contribution < -0.4 is 0 Å². The minimum absolute atomic E-state index is 0.0737. The van der Waals surface area contributed by atoms with Crippen molar-refractivity contribution in [3.63, 3.8) is 0 Å². The van der Waals surface area contributed by atoms with Gasteiger partial charge in [0.15, 0.2) is 9.84 Å². The van der Waals surface area contributed by atoms with Gasteiger partial charge in [-0.15, -0.1) is 0 Å². The smallest absolute Gasteiger partial charge is 0.160 e. The maximum atomic E-state index is 11.7. The van der Waals surface area contributed by atoms with Crippen molar-refractivity contribution in [1.29, 1.82) is 0 Å². The maximum absolute atomic E-state index is 11.7. The fourth-order valence-electron chi connectivity index (χ4n) is 2.06. The van der Waals surface area contributed by atoms with E-state index >= 15 is 0 Å². The number of hydrogen-bond acceptors (Lipinski definition) is 4. The predicted octanol–water partition coefficient (Wildman–Crippen LogP) is 2.15. The normalized spacial score (nSPS) is 17.8. The van der Waals surface area contributed by atoms with Gasteiger partial charge in [-0.25, -0.2) is 18.4 Å². The van der Waals surface area contributed by atoms with Gasteiger partial charge in [-0.2, -0.15) is 0 Å². The Hall–Kier alpha value is -0.970. The molecule has 1 aromatic rings. The summed E-state index contributed by atoms with van der Waals surface area (Å²) in [6, 6.07) is 0. The van der Waals surface area contributed by atoms with E-state index in [-0.39, 0.29) is 23.3 Å². The summed E-state index contributed by atoms with van der Waals surface area (Å²) >= 11 is 0. The van der Waals surface area contributed by atoms with Crippen LogP contribution in [-0.2, 0) is 21.3 Å². The van der Waals surface area contributed by atoms with E-state index in [1.54, 1.807) is 0 Å². The van der Waals surface area contributed by atoms with E-state index in [1.165, 1.54) is 0 Å². The zero-order valence-electron chi connectivity index (χ0n) is 10.7. The average Bonchev–Trinajstić information content (AvgIpc) is 2.49. The summed E-state index contributed by atoms with van der Waals surface area (Å²) in [5, 5.41) is 0. The summed E-state index contributed by atoms with van der Waals surface area (Å²) in [6.45, 7) is 8.12. The summed E-state index contributed by atoms with van der Waals surface area (Å²) in [4.78, 5) is 8.93. The second kappa shape index (κ2) is 4.05. The molecule has 2 rings (SSSR count). The molecule has 0 fully saturated rings. The Balaban J connectivity index is 2.62. The van der Waals surface area contributed by atoms with Gasteiger partial charge in [0.1, 0.15) is 5.82 Å². The van der Waals surface area contributed by atoms with Crippen LogP contribution in [0.4, 0.5) is 0 Å². The quantitative estimate of drug-likeness (QED) is 0.811. The molecule has 0 N–H and O–H groups in total. The van der Waals surface area contributed by atoms with E-state index in [9.17, 15) is 8.42 Å². The third-order valence-electron chi connectivity index (χ3n) is 2.93. The first-order chi connectivity index (χ1) is 7.80. The largest absolute Gasteiger partial charge is 0.237 e. The Bertz CT molecular complexity index is 548. The highest BCUT2D eigenvalue weighted by Crippen LogP contribution is 2.30. The zero-order valence-corrected chi connectivity index (χ0v) is 11.5. The molecule has 17 heavy (non-hydrogen) atoms. The van der Waals surface area contributed by atoms with Crippen molar-refractivity contribution in [1.82, 2.24) is 9.97 Å². The van der Waals surface area contributed by atoms with Gasteiger partial charge in [0, 0.05) is 11.5 Å². The molecule has 0 unspecified atom stereocenters. The van der Waals surface area contributed by atoms with Crippen LogP contribution in [-0.4, -0.2) is 18.4 Å². The molecule has 1 aliphatic heterocycles. The molecule has 0 saturated carbocycles. The lowest BCUT2D eigenvalue weighted by Crippen LogP contribution is -2.08. The van der Waals surface area contributed by atoms with E-state index in [0.29, 0.717) is 5.69 Å². The standard InChI is InChI=1S/C12H18N2O2S/c1-7(2)11-9-5-17(15,16)6-10(9)13-12(14-11)8(3)4/h7-8H,5-6H2,1-4H3. The van der Waals surface area contributed by atoms with Crippen molar-refractivity contribution in [2.24, 2.45) is 0 Å². The summed E-state index contributed by atoms with van der Waals surface area (Å²) in [6.07, 6.45) is 0. The molecule has 0 spiro atoms. The lowest BCUT2D eigenvalue weighted by molar-refractivity contribution is 0.597. The summed E-state index contributed by atoms with van der Waals surface area (Å²) in [7, 11) is -3.01. The number of nitrogens with zero attached hydrogens (tertiary/aromatic N) is 2. The van der Waals surface area contributed by atoms with Gasteiger partial charge < -0.3 is 0 Å². The molecule has 0 saturated heterocycles. The fourth-order valence-corrected chi connectivity index (χ4v) is 3.57. The number of fused-ring (bicyclic) bond motifs is 1. The van der Waals surface area contributed by atoms with E-state index in [2.05, 4.69) is 9.97 Å². The Labute approximate surface area is 102 Å². The van der Waals surface area contributed by atoms with Crippen molar-refractivity contribution in [3.05, 3.63) is 22.8 Å². The van der Waals surface area contributed by atoms with E-state index in [0.717, 1.165) is 17.1 Å². The van der Waals surface area contributed by atoms with Crippen molar-refractivity contribution >= 4 is 9.84 Å². The number of sulfone groups is 1. The molecular formula is C12H18N2O2S. The first-order valence-electron chi connectivity index (χ1n) is 5.90. The molecule has 0 atom stereocenters. The molecule has 4 nitrogen and oxygen atoms in total. The first-order valence-corrected chi connectivity index (χ1v) is 7.72. The van der Waals surface area contributed by atoms with Crippen LogP contribution in [0.5, 0.6) is 0 Å². The molecule has 5 heteroatoms. The van der Waals surface area contributed by atoms with Crippen LogP contribution in [0, 0.1) is 0 Å². The Morgan fingerprint density at radius 3 is 2.18 bits per heavy atom. The van der Waals surface area contributed by atoms with Gasteiger partial charge in [0.2, 0.25) is 0 Å². The summed E-state index contributed by atoms with van der Waals surface area (Å²) < 4.78 is 23.4. The van der Waals surface area contributed by atoms with Crippen LogP contribution in [0.2, 0.25) is 0 Å². The summed E-state index contributed by atoms with van der Waals surface area (Å²) in [5.41, 5.74) is 2.46. The predicted molar refractivity (Wildman–Crippen MR) is 66.5 cm³/mol. The molecule has 0 amide bonds. The topological polar surface area (TPSA) is 59.9 Å². The molecule has 0 bridgehead atoms. The summed E-state index contributed by atoms with van der Waals surface area (Å²) in [5.74, 6) is 1.39. The van der Waals surface area contributed by atoms with Gasteiger partial charge in [0.25, 0.3) is 0 Å². The van der Waals surface area contributed by atoms with Gasteiger partial charge >= 0.3 is 0 Å². The Kier molecular flexibility index (Phi) is 2.97. The number of rotatable bonds is 2. The highest BCUT2D eigenvalue weighted by Gasteiger charge is 2.30. The van der Waals surface area contributed by atoms with Gasteiger partial charge in [-0.1, -0.05) is 27.7 Å². The minimum Gasteiger partial charge on any atom is -0.237 e. The third-order valence-corrected chi connectivity index (χ3v) is 4.37. The Morgan fingerprint density at radius 1 is 1.00 bits per heavy atom. The third kappa shape index (κ3) is 2.34. The monoisotopic (exact) mass is 254 g/mol. The van der Waals surface area contributed by atoms with Crippen LogP contribution in [0.15, 0.2) is 0 Å². The maximum Gasteiger partial charge on any atom is 0.160 e. The Morgan fingerprint density at radius 2 is 1.65 bits per heavy atom. The molecule has 0 radical (unpaired) electrons. The minimum atomic E-state index is -3.01. The van der Waals surface area contributed by atoms with Crippen LogP contribution in [0.1, 0.15) is 62.3 Å². The lowest BCUT2D eigenvalue weighted by Gasteiger charge is -2.13. The van der Waals surface area contributed by atoms with E-state index in [1.807, 2.05) is 27.7 Å². The highest BCUT2D eigenvalue weighted by molar-refractivity contribution is 7.90. The number of aromatic nitrogens is 2. The van der Waals surface area contributed by atoms with Crippen LogP contribution >= 0.6 is 0 Å². The second-order valence-electron chi connectivity index (χ2n) is 5.23. The molecule has 1 aromatic heterocycles. The van der Waals surface area contributed by atoms with Gasteiger partial charge in [-0.3, -0.25) is 0 Å². The van der Waals surface area contributed by atoms with Crippen LogP contribution in [0.3, 0.4) is 0 Å². The van der Waals surface area contributed by atoms with Crippen molar-refractivity contribution in [2.45, 2.75) is 51.0 Å². The van der Waals surface area contributed by atoms with E-state index < -0.39 is 9.84 Å². The van der Waals surface area contributed by atoms with Crippen molar-refractivity contribution in [3.8, 4) is 0 Å². The molecule has 94 valence electrons. The molecule has 2 heterocycles. The lowest BCUT2D eigenvalue weighted by atomic mass is 10.0. The van der Waals surface area contributed by atoms with Gasteiger partial charge in [-0.05, 0) is 5.92 Å². The van der Waals surface area contributed by atoms with Crippen LogP contribution in [0.25, 0.3) is 0 Å². The van der Waals surface area contributed by atoms with Crippen molar-refractivity contribution in [2.75, 3.05) is 0 Å². The molecule has 1 aliphatic rings.